The highest BCUT2D eigenvalue weighted by Gasteiger charge is 2.41. The molecule has 1 saturated carbocycles. The molecule has 0 spiro atoms. The van der Waals surface area contributed by atoms with E-state index in [9.17, 15) is 13.2 Å². The first-order valence-electron chi connectivity index (χ1n) is 11.9. The SMILES string of the molecule is FC(F)(F)c1ccc2c(c1)[C@H]1CO[C@@H](CNC3CCCC3)CC[C@H]1[C@H](c1ccccc1)N2. The number of hydrogen-bond acceptors (Lipinski definition) is 3. The Morgan fingerprint density at radius 1 is 0.969 bits per heavy atom. The van der Waals surface area contributed by atoms with Crippen molar-refractivity contribution < 1.29 is 17.9 Å². The van der Waals surface area contributed by atoms with E-state index in [1.807, 2.05) is 18.2 Å². The third-order valence-electron chi connectivity index (χ3n) is 7.52. The highest BCUT2D eigenvalue weighted by Crippen LogP contribution is 2.49. The fourth-order valence-electron chi connectivity index (χ4n) is 5.78. The molecule has 0 bridgehead atoms. The van der Waals surface area contributed by atoms with Crippen molar-refractivity contribution in [2.45, 2.75) is 68.8 Å². The number of alkyl halides is 3. The van der Waals surface area contributed by atoms with Crippen LogP contribution in [0.3, 0.4) is 0 Å². The summed E-state index contributed by atoms with van der Waals surface area (Å²) in [5.41, 5.74) is 2.12. The molecule has 6 heteroatoms. The number of halogens is 3. The number of fused-ring (bicyclic) bond motifs is 3. The Morgan fingerprint density at radius 3 is 2.50 bits per heavy atom. The van der Waals surface area contributed by atoms with Crippen molar-refractivity contribution in [2.75, 3.05) is 18.5 Å². The predicted molar refractivity (Wildman–Crippen MR) is 120 cm³/mol. The van der Waals surface area contributed by atoms with Crippen molar-refractivity contribution in [1.82, 2.24) is 5.32 Å². The molecule has 2 aliphatic heterocycles. The van der Waals surface area contributed by atoms with Gasteiger partial charge in [0.05, 0.1) is 24.3 Å². The van der Waals surface area contributed by atoms with E-state index in [0.29, 0.717) is 12.6 Å². The fourth-order valence-corrected chi connectivity index (χ4v) is 5.78. The highest BCUT2D eigenvalue weighted by molar-refractivity contribution is 5.59. The number of ether oxygens (including phenoxy) is 1. The lowest BCUT2D eigenvalue weighted by molar-refractivity contribution is -0.137. The van der Waals surface area contributed by atoms with Gasteiger partial charge in [-0.05, 0) is 60.9 Å². The summed E-state index contributed by atoms with van der Waals surface area (Å²) in [6, 6.07) is 15.0. The quantitative estimate of drug-likeness (QED) is 0.582. The van der Waals surface area contributed by atoms with Crippen LogP contribution in [0.4, 0.5) is 18.9 Å². The average molecular weight is 445 g/mol. The summed E-state index contributed by atoms with van der Waals surface area (Å²) in [6.07, 6.45) is 2.62. The summed E-state index contributed by atoms with van der Waals surface area (Å²) in [4.78, 5) is 0. The van der Waals surface area contributed by atoms with Gasteiger partial charge >= 0.3 is 6.18 Å². The summed E-state index contributed by atoms with van der Waals surface area (Å²) in [6.45, 7) is 1.28. The number of rotatable bonds is 4. The minimum absolute atomic E-state index is 0.0600. The Morgan fingerprint density at radius 2 is 1.75 bits per heavy atom. The van der Waals surface area contributed by atoms with E-state index >= 15 is 0 Å². The molecule has 0 aromatic heterocycles. The molecule has 2 N–H and O–H groups in total. The first kappa shape index (κ1) is 21.8. The first-order valence-corrected chi connectivity index (χ1v) is 11.9. The minimum atomic E-state index is -4.35. The lowest BCUT2D eigenvalue weighted by Crippen LogP contribution is -2.35. The summed E-state index contributed by atoms with van der Waals surface area (Å²) < 4.78 is 46.7. The number of anilines is 1. The van der Waals surface area contributed by atoms with Crippen molar-refractivity contribution in [3.05, 3.63) is 65.2 Å². The van der Waals surface area contributed by atoms with Crippen LogP contribution in [0.1, 0.15) is 67.2 Å². The summed E-state index contributed by atoms with van der Waals surface area (Å²) in [7, 11) is 0. The van der Waals surface area contributed by atoms with E-state index < -0.39 is 11.7 Å². The Bertz CT molecular complexity index is 911. The van der Waals surface area contributed by atoms with Crippen LogP contribution < -0.4 is 10.6 Å². The van der Waals surface area contributed by atoms with Gasteiger partial charge in [-0.15, -0.1) is 0 Å². The lowest BCUT2D eigenvalue weighted by atomic mass is 9.73. The molecule has 4 atom stereocenters. The zero-order valence-corrected chi connectivity index (χ0v) is 18.2. The lowest BCUT2D eigenvalue weighted by Gasteiger charge is -2.40. The van der Waals surface area contributed by atoms with Gasteiger partial charge in [-0.25, -0.2) is 0 Å². The van der Waals surface area contributed by atoms with E-state index in [1.165, 1.54) is 43.4 Å². The number of hydrogen-bond donors (Lipinski definition) is 2. The van der Waals surface area contributed by atoms with Gasteiger partial charge in [0, 0.05) is 24.2 Å². The van der Waals surface area contributed by atoms with Crippen molar-refractivity contribution in [1.29, 1.82) is 0 Å². The van der Waals surface area contributed by atoms with Gasteiger partial charge in [0.1, 0.15) is 0 Å². The molecule has 2 heterocycles. The molecule has 0 unspecified atom stereocenters. The third kappa shape index (κ3) is 4.53. The van der Waals surface area contributed by atoms with E-state index in [0.717, 1.165) is 30.6 Å². The van der Waals surface area contributed by atoms with E-state index in [1.54, 1.807) is 6.07 Å². The van der Waals surface area contributed by atoms with Crippen molar-refractivity contribution in [3.63, 3.8) is 0 Å². The Labute approximate surface area is 187 Å². The summed E-state index contributed by atoms with van der Waals surface area (Å²) >= 11 is 0. The molecule has 0 radical (unpaired) electrons. The molecule has 0 amide bonds. The van der Waals surface area contributed by atoms with E-state index in [4.69, 9.17) is 4.74 Å². The van der Waals surface area contributed by atoms with Crippen LogP contribution in [0.25, 0.3) is 0 Å². The first-order chi connectivity index (χ1) is 15.5. The standard InChI is InChI=1S/C26H31F3N2O/c27-26(28,29)18-10-13-24-22(14-18)23-16-32-20(15-30-19-8-4-5-9-19)11-12-21(23)25(31-24)17-6-2-1-3-7-17/h1-3,6-7,10,13-14,19-21,23,25,30-31H,4-5,8-9,11-12,15-16H2/t20-,21-,23+,25+/m1/s1. The van der Waals surface area contributed by atoms with E-state index in [-0.39, 0.29) is 24.0 Å². The normalized spacial score (nSPS) is 28.5. The Balaban J connectivity index is 1.42. The van der Waals surface area contributed by atoms with Crippen LogP contribution in [-0.2, 0) is 10.9 Å². The van der Waals surface area contributed by atoms with Crippen LogP contribution >= 0.6 is 0 Å². The highest BCUT2D eigenvalue weighted by atomic mass is 19.4. The van der Waals surface area contributed by atoms with Gasteiger partial charge in [-0.2, -0.15) is 13.2 Å². The second kappa shape index (κ2) is 9.06. The van der Waals surface area contributed by atoms with Crippen LogP contribution in [0.15, 0.2) is 48.5 Å². The van der Waals surface area contributed by atoms with Crippen molar-refractivity contribution in [3.8, 4) is 0 Å². The molecule has 3 aliphatic rings. The zero-order chi connectivity index (χ0) is 22.1. The van der Waals surface area contributed by atoms with E-state index in [2.05, 4.69) is 22.8 Å². The van der Waals surface area contributed by atoms with Gasteiger partial charge < -0.3 is 15.4 Å². The maximum atomic E-state index is 13.5. The van der Waals surface area contributed by atoms with Gasteiger partial charge in [-0.3, -0.25) is 0 Å². The van der Waals surface area contributed by atoms with Crippen LogP contribution in [-0.4, -0.2) is 25.3 Å². The smallest absolute Gasteiger partial charge is 0.378 e. The van der Waals surface area contributed by atoms with Gasteiger partial charge in [-0.1, -0.05) is 43.2 Å². The molecule has 3 nitrogen and oxygen atoms in total. The second-order valence-corrected chi connectivity index (χ2v) is 9.53. The maximum Gasteiger partial charge on any atom is 0.416 e. The summed E-state index contributed by atoms with van der Waals surface area (Å²) in [5, 5.41) is 7.23. The Hall–Kier alpha value is -2.05. The van der Waals surface area contributed by atoms with Gasteiger partial charge in [0.15, 0.2) is 0 Å². The number of benzene rings is 2. The molecule has 5 rings (SSSR count). The predicted octanol–water partition coefficient (Wildman–Crippen LogP) is 6.28. The van der Waals surface area contributed by atoms with Gasteiger partial charge in [0.25, 0.3) is 0 Å². The minimum Gasteiger partial charge on any atom is -0.378 e. The molecule has 2 fully saturated rings. The van der Waals surface area contributed by atoms with Crippen molar-refractivity contribution >= 4 is 5.69 Å². The largest absolute Gasteiger partial charge is 0.416 e. The molecule has 2 aromatic carbocycles. The second-order valence-electron chi connectivity index (χ2n) is 9.53. The fraction of sp³-hybridized carbons (Fsp3) is 0.538. The molecule has 172 valence electrons. The Kier molecular flexibility index (Phi) is 6.17. The number of nitrogens with one attached hydrogen (secondary N) is 2. The van der Waals surface area contributed by atoms with Crippen LogP contribution in [0.5, 0.6) is 0 Å². The maximum absolute atomic E-state index is 13.5. The van der Waals surface area contributed by atoms with Gasteiger partial charge in [0.2, 0.25) is 0 Å². The van der Waals surface area contributed by atoms with Crippen LogP contribution in [0, 0.1) is 5.92 Å². The molecule has 32 heavy (non-hydrogen) atoms. The molecule has 1 saturated heterocycles. The topological polar surface area (TPSA) is 33.3 Å². The van der Waals surface area contributed by atoms with Crippen molar-refractivity contribution in [2.24, 2.45) is 5.92 Å². The monoisotopic (exact) mass is 444 g/mol. The summed E-state index contributed by atoms with van der Waals surface area (Å²) in [5.74, 6) is 0.125. The molecular weight excluding hydrogens is 413 g/mol. The third-order valence-corrected chi connectivity index (χ3v) is 7.52. The van der Waals surface area contributed by atoms with Crippen LogP contribution in [0.2, 0.25) is 0 Å². The zero-order valence-electron chi connectivity index (χ0n) is 18.2. The molecule has 2 aromatic rings. The molecular formula is C26H31F3N2O. The molecule has 1 aliphatic carbocycles. The average Bonchev–Trinajstić information content (AvgIpc) is 3.22.